The van der Waals surface area contributed by atoms with Crippen LogP contribution in [0.25, 0.3) is 11.4 Å². The maximum Gasteiger partial charge on any atom is 0.269 e. The molecule has 0 spiro atoms. The van der Waals surface area contributed by atoms with Crippen LogP contribution in [0.1, 0.15) is 39.6 Å². The first kappa shape index (κ1) is 20.9. The number of nitro groups is 1. The molecular weight excluding hydrogens is 352 g/mol. The van der Waals surface area contributed by atoms with Gasteiger partial charge >= 0.3 is 0 Å². The third-order valence-electron chi connectivity index (χ3n) is 3.91. The molecule has 0 aliphatic rings. The molecule has 27 heavy (non-hydrogen) atoms. The number of ether oxygens (including phenoxy) is 1. The van der Waals surface area contributed by atoms with E-state index in [4.69, 9.17) is 9.26 Å². The van der Waals surface area contributed by atoms with E-state index in [0.717, 1.165) is 0 Å². The number of non-ortho nitro benzene ring substituents is 1. The van der Waals surface area contributed by atoms with Gasteiger partial charge in [0, 0.05) is 24.2 Å². The Kier molecular flexibility index (Phi) is 7.40. The first-order valence-corrected chi connectivity index (χ1v) is 8.89. The average Bonchev–Trinajstić information content (AvgIpc) is 3.09. The SMILES string of the molecule is CC(C)OC[C@@H](O)CN[C@H](c1nc(-c2ccc([N+](=O)[O-])cc2)no1)C(C)C. The molecule has 1 aromatic carbocycles. The number of aromatic nitrogens is 2. The molecule has 2 atom stereocenters. The molecule has 0 amide bonds. The van der Waals surface area contributed by atoms with Gasteiger partial charge in [0.2, 0.25) is 11.7 Å². The Morgan fingerprint density at radius 3 is 2.48 bits per heavy atom. The van der Waals surface area contributed by atoms with Crippen LogP contribution in [0.3, 0.4) is 0 Å². The molecule has 0 fully saturated rings. The van der Waals surface area contributed by atoms with Crippen LogP contribution in [0.5, 0.6) is 0 Å². The van der Waals surface area contributed by atoms with Gasteiger partial charge in [0.25, 0.3) is 5.69 Å². The standard InChI is InChI=1S/C18H26N4O5/c1-11(2)16(19-9-15(23)10-26-12(3)4)18-20-17(21-27-18)13-5-7-14(8-6-13)22(24)25/h5-8,11-12,15-16,19,23H,9-10H2,1-4H3/t15-,16-/m0/s1. The van der Waals surface area contributed by atoms with E-state index >= 15 is 0 Å². The molecule has 9 nitrogen and oxygen atoms in total. The molecule has 2 aromatic rings. The minimum atomic E-state index is -0.647. The van der Waals surface area contributed by atoms with Crippen LogP contribution in [0.4, 0.5) is 5.69 Å². The number of nitro benzene ring substituents is 1. The van der Waals surface area contributed by atoms with Gasteiger partial charge in [-0.2, -0.15) is 4.98 Å². The smallest absolute Gasteiger partial charge is 0.269 e. The molecule has 0 radical (unpaired) electrons. The van der Waals surface area contributed by atoms with Crippen molar-refractivity contribution >= 4 is 5.69 Å². The second-order valence-electron chi connectivity index (χ2n) is 6.93. The van der Waals surface area contributed by atoms with Gasteiger partial charge < -0.3 is 19.7 Å². The van der Waals surface area contributed by atoms with Crippen LogP contribution in [0.15, 0.2) is 28.8 Å². The summed E-state index contributed by atoms with van der Waals surface area (Å²) < 4.78 is 10.8. The van der Waals surface area contributed by atoms with Gasteiger partial charge in [-0.3, -0.25) is 10.1 Å². The third kappa shape index (κ3) is 6.09. The lowest BCUT2D eigenvalue weighted by Crippen LogP contribution is -2.35. The van der Waals surface area contributed by atoms with Crippen molar-refractivity contribution < 1.29 is 19.3 Å². The Labute approximate surface area is 157 Å². The number of aliphatic hydroxyl groups excluding tert-OH is 1. The van der Waals surface area contributed by atoms with Gasteiger partial charge in [0.1, 0.15) is 0 Å². The number of benzene rings is 1. The summed E-state index contributed by atoms with van der Waals surface area (Å²) in [6, 6.07) is 5.72. The highest BCUT2D eigenvalue weighted by atomic mass is 16.6. The Hall–Kier alpha value is -2.36. The predicted octanol–water partition coefficient (Wildman–Crippen LogP) is 2.72. The van der Waals surface area contributed by atoms with Crippen molar-refractivity contribution in [2.45, 2.75) is 45.9 Å². The van der Waals surface area contributed by atoms with E-state index < -0.39 is 11.0 Å². The van der Waals surface area contributed by atoms with Crippen LogP contribution in [0, 0.1) is 16.0 Å². The number of nitrogens with one attached hydrogen (secondary N) is 1. The predicted molar refractivity (Wildman–Crippen MR) is 99.1 cm³/mol. The van der Waals surface area contributed by atoms with Gasteiger partial charge in [0.05, 0.1) is 29.8 Å². The number of hydrogen-bond donors (Lipinski definition) is 2. The number of nitrogens with zero attached hydrogens (tertiary/aromatic N) is 3. The van der Waals surface area contributed by atoms with Crippen molar-refractivity contribution in [1.29, 1.82) is 0 Å². The van der Waals surface area contributed by atoms with E-state index in [1.54, 1.807) is 12.1 Å². The maximum atomic E-state index is 10.7. The molecule has 148 valence electrons. The average molecular weight is 378 g/mol. The zero-order valence-electron chi connectivity index (χ0n) is 16.0. The Balaban J connectivity index is 2.05. The summed E-state index contributed by atoms with van der Waals surface area (Å²) in [5.74, 6) is 0.903. The van der Waals surface area contributed by atoms with Gasteiger partial charge in [-0.25, -0.2) is 0 Å². The summed E-state index contributed by atoms with van der Waals surface area (Å²) in [5.41, 5.74) is 0.630. The number of aliphatic hydroxyl groups is 1. The topological polar surface area (TPSA) is 124 Å². The summed E-state index contributed by atoms with van der Waals surface area (Å²) in [6.45, 7) is 8.40. The minimum absolute atomic E-state index is 0.00166. The van der Waals surface area contributed by atoms with E-state index in [2.05, 4.69) is 15.5 Å². The highest BCUT2D eigenvalue weighted by Gasteiger charge is 2.23. The lowest BCUT2D eigenvalue weighted by molar-refractivity contribution is -0.384. The summed E-state index contributed by atoms with van der Waals surface area (Å²) in [5, 5.41) is 28.0. The highest BCUT2D eigenvalue weighted by Crippen LogP contribution is 2.24. The summed E-state index contributed by atoms with van der Waals surface area (Å²) in [6.07, 6.45) is -0.591. The van der Waals surface area contributed by atoms with Crippen LogP contribution in [-0.4, -0.2) is 45.5 Å². The van der Waals surface area contributed by atoms with Crippen molar-refractivity contribution in [1.82, 2.24) is 15.5 Å². The third-order valence-corrected chi connectivity index (χ3v) is 3.91. The zero-order chi connectivity index (χ0) is 20.0. The molecule has 2 rings (SSSR count). The van der Waals surface area contributed by atoms with Gasteiger partial charge in [-0.05, 0) is 31.9 Å². The fourth-order valence-corrected chi connectivity index (χ4v) is 2.44. The van der Waals surface area contributed by atoms with Gasteiger partial charge in [-0.15, -0.1) is 0 Å². The normalized spacial score (nSPS) is 13.9. The molecular formula is C18H26N4O5. The van der Waals surface area contributed by atoms with Crippen molar-refractivity contribution in [2.24, 2.45) is 5.92 Å². The minimum Gasteiger partial charge on any atom is -0.389 e. The second kappa shape index (κ2) is 9.54. The lowest BCUT2D eigenvalue weighted by Gasteiger charge is -2.21. The summed E-state index contributed by atoms with van der Waals surface area (Å²) >= 11 is 0. The Morgan fingerprint density at radius 2 is 1.93 bits per heavy atom. The van der Waals surface area contributed by atoms with Gasteiger partial charge in [0.15, 0.2) is 0 Å². The highest BCUT2D eigenvalue weighted by molar-refractivity contribution is 5.56. The van der Waals surface area contributed by atoms with E-state index in [-0.39, 0.29) is 30.4 Å². The fourth-order valence-electron chi connectivity index (χ4n) is 2.44. The van der Waals surface area contributed by atoms with E-state index in [1.807, 2.05) is 27.7 Å². The van der Waals surface area contributed by atoms with Crippen molar-refractivity contribution in [3.8, 4) is 11.4 Å². The van der Waals surface area contributed by atoms with Crippen molar-refractivity contribution in [3.05, 3.63) is 40.3 Å². The Morgan fingerprint density at radius 1 is 1.26 bits per heavy atom. The molecule has 0 bridgehead atoms. The lowest BCUT2D eigenvalue weighted by atomic mass is 10.0. The summed E-state index contributed by atoms with van der Waals surface area (Å²) in [4.78, 5) is 14.7. The molecule has 2 N–H and O–H groups in total. The van der Waals surface area contributed by atoms with E-state index in [9.17, 15) is 15.2 Å². The fraction of sp³-hybridized carbons (Fsp3) is 0.556. The van der Waals surface area contributed by atoms with E-state index in [1.165, 1.54) is 12.1 Å². The second-order valence-corrected chi connectivity index (χ2v) is 6.93. The van der Waals surface area contributed by atoms with Crippen molar-refractivity contribution in [3.63, 3.8) is 0 Å². The zero-order valence-corrected chi connectivity index (χ0v) is 16.0. The number of rotatable bonds is 10. The first-order chi connectivity index (χ1) is 12.8. The molecule has 0 saturated heterocycles. The largest absolute Gasteiger partial charge is 0.389 e. The van der Waals surface area contributed by atoms with Crippen LogP contribution < -0.4 is 5.32 Å². The summed E-state index contributed by atoms with van der Waals surface area (Å²) in [7, 11) is 0. The van der Waals surface area contributed by atoms with E-state index in [0.29, 0.717) is 23.8 Å². The Bertz CT molecular complexity index is 730. The molecule has 0 aliphatic carbocycles. The van der Waals surface area contributed by atoms with Crippen molar-refractivity contribution in [2.75, 3.05) is 13.2 Å². The monoisotopic (exact) mass is 378 g/mol. The van der Waals surface area contributed by atoms with Crippen LogP contribution >= 0.6 is 0 Å². The molecule has 1 heterocycles. The molecule has 1 aromatic heterocycles. The molecule has 0 unspecified atom stereocenters. The van der Waals surface area contributed by atoms with Crippen LogP contribution in [0.2, 0.25) is 0 Å². The first-order valence-electron chi connectivity index (χ1n) is 8.89. The molecule has 0 saturated carbocycles. The van der Waals surface area contributed by atoms with Gasteiger partial charge in [-0.1, -0.05) is 19.0 Å². The van der Waals surface area contributed by atoms with Crippen LogP contribution in [-0.2, 0) is 4.74 Å². The maximum absolute atomic E-state index is 10.7. The number of hydrogen-bond acceptors (Lipinski definition) is 8. The quantitative estimate of drug-likeness (QED) is 0.478. The molecule has 0 aliphatic heterocycles. The molecule has 9 heteroatoms.